The van der Waals surface area contributed by atoms with Crippen molar-refractivity contribution in [3.05, 3.63) is 110 Å². The Morgan fingerprint density at radius 1 is 0.938 bits per heavy atom. The van der Waals surface area contributed by atoms with E-state index in [1.54, 1.807) is 0 Å². The minimum Gasteiger partial charge on any atom is -0.490 e. The van der Waals surface area contributed by atoms with Crippen LogP contribution in [-0.4, -0.2) is 71.9 Å². The Bertz CT molecular complexity index is 1690. The van der Waals surface area contributed by atoms with E-state index >= 15 is 4.79 Å². The third-order valence-electron chi connectivity index (χ3n) is 9.78. The maximum atomic E-state index is 15.2. The lowest BCUT2D eigenvalue weighted by Gasteiger charge is -2.47. The highest BCUT2D eigenvalue weighted by Gasteiger charge is 2.60. The van der Waals surface area contributed by atoms with E-state index in [2.05, 4.69) is 62.6 Å². The van der Waals surface area contributed by atoms with Gasteiger partial charge < -0.3 is 14.5 Å². The topological polar surface area (TPSA) is 52.7 Å². The predicted molar refractivity (Wildman–Crippen MR) is 196 cm³/mol. The highest BCUT2D eigenvalue weighted by molar-refractivity contribution is 6.30. The zero-order chi connectivity index (χ0) is 34.9. The summed E-state index contributed by atoms with van der Waals surface area (Å²) in [6.45, 7) is 25.9. The standard InChI is InChI=1S/C39H47Cl2N5O2/c1-27(2)48-34-26-30(37(3,4)5)14-19-33(34)35-43-38(6,28-10-15-31(40)16-11-28)39(7,29-12-17-32(41)18-13-29)46(35)36(47)45-24-22-44(23-25-45)21-9-20-42-8/h10-19,26-27H,9,20-25H2,1-7H3/t38-,39+/m0/s1. The summed E-state index contributed by atoms with van der Waals surface area (Å²) in [5.41, 5.74) is 1.74. The Morgan fingerprint density at radius 3 is 2.06 bits per heavy atom. The van der Waals surface area contributed by atoms with E-state index in [0.717, 1.165) is 48.3 Å². The minimum atomic E-state index is -0.970. The molecule has 2 amide bonds. The van der Waals surface area contributed by atoms with E-state index in [4.69, 9.17) is 39.5 Å². The van der Waals surface area contributed by atoms with Gasteiger partial charge in [0.05, 0.1) is 11.7 Å². The second-order valence-electron chi connectivity index (χ2n) is 14.4. The van der Waals surface area contributed by atoms with Crippen LogP contribution in [0.5, 0.6) is 5.75 Å². The molecule has 0 saturated carbocycles. The third-order valence-corrected chi connectivity index (χ3v) is 10.3. The molecule has 1 saturated heterocycles. The van der Waals surface area contributed by atoms with Gasteiger partial charge in [0.2, 0.25) is 6.54 Å². The number of benzene rings is 3. The fourth-order valence-electron chi connectivity index (χ4n) is 6.77. The molecular weight excluding hydrogens is 641 g/mol. The second kappa shape index (κ2) is 14.1. The van der Waals surface area contributed by atoms with Crippen LogP contribution >= 0.6 is 23.2 Å². The zero-order valence-electron chi connectivity index (χ0n) is 29.2. The van der Waals surface area contributed by atoms with Crippen molar-refractivity contribution in [2.24, 2.45) is 4.99 Å². The Hall–Kier alpha value is -3.57. The van der Waals surface area contributed by atoms with Crippen molar-refractivity contribution in [1.29, 1.82) is 0 Å². The molecule has 9 heteroatoms. The molecule has 0 unspecified atom stereocenters. The number of nitrogens with zero attached hydrogens (tertiary/aromatic N) is 5. The first-order valence-corrected chi connectivity index (χ1v) is 17.5. The predicted octanol–water partition coefficient (Wildman–Crippen LogP) is 9.02. The summed E-state index contributed by atoms with van der Waals surface area (Å²) >= 11 is 12.8. The molecule has 0 N–H and O–H groups in total. The molecule has 0 radical (unpaired) electrons. The summed E-state index contributed by atoms with van der Waals surface area (Å²) in [7, 11) is 0. The average molecular weight is 689 g/mol. The van der Waals surface area contributed by atoms with E-state index in [1.807, 2.05) is 72.2 Å². The lowest BCUT2D eigenvalue weighted by atomic mass is 9.71. The molecule has 1 fully saturated rings. The third kappa shape index (κ3) is 6.94. The van der Waals surface area contributed by atoms with Gasteiger partial charge in [-0.1, -0.05) is 74.3 Å². The molecule has 3 aromatic carbocycles. The van der Waals surface area contributed by atoms with Crippen LogP contribution in [0.15, 0.2) is 71.7 Å². The van der Waals surface area contributed by atoms with Crippen molar-refractivity contribution < 1.29 is 9.53 Å². The number of halogens is 2. The van der Waals surface area contributed by atoms with Crippen LogP contribution in [0.2, 0.25) is 10.0 Å². The molecule has 0 bridgehead atoms. The number of rotatable bonds is 8. The summed E-state index contributed by atoms with van der Waals surface area (Å²) in [6.07, 6.45) is 0.740. The number of hydrogen-bond acceptors (Lipinski definition) is 4. The normalized spacial score (nSPS) is 21.7. The molecule has 2 aliphatic heterocycles. The van der Waals surface area contributed by atoms with Crippen molar-refractivity contribution in [1.82, 2.24) is 14.7 Å². The quantitative estimate of drug-likeness (QED) is 0.175. The van der Waals surface area contributed by atoms with Gasteiger partial charge in [0.25, 0.3) is 0 Å². The summed E-state index contributed by atoms with van der Waals surface area (Å²) in [4.78, 5) is 30.4. The molecule has 7 nitrogen and oxygen atoms in total. The van der Waals surface area contributed by atoms with E-state index in [1.165, 1.54) is 0 Å². The number of carbonyl (C=O) groups is 1. The Balaban J connectivity index is 1.71. The van der Waals surface area contributed by atoms with Crippen molar-refractivity contribution >= 4 is 35.1 Å². The number of carbonyl (C=O) groups excluding carboxylic acids is 1. The summed E-state index contributed by atoms with van der Waals surface area (Å²) in [5.74, 6) is 1.25. The van der Waals surface area contributed by atoms with Crippen LogP contribution in [0.25, 0.3) is 4.85 Å². The van der Waals surface area contributed by atoms with Gasteiger partial charge in [0.15, 0.2) is 0 Å². The maximum absolute atomic E-state index is 15.2. The molecule has 2 heterocycles. The SMILES string of the molecule is [C-]#[N+]CCCN1CCN(C(=O)N2C(c3ccc(C(C)(C)C)cc3OC(C)C)=N[C@@](C)(c3ccc(Cl)cc3)[C@@]2(C)c2ccc(Cl)cc2)CC1. The van der Waals surface area contributed by atoms with Gasteiger partial charge in [-0.3, -0.25) is 14.8 Å². The lowest BCUT2D eigenvalue weighted by molar-refractivity contribution is 0.0867. The van der Waals surface area contributed by atoms with Gasteiger partial charge in [-0.15, -0.1) is 0 Å². The van der Waals surface area contributed by atoms with Crippen LogP contribution in [-0.2, 0) is 16.5 Å². The number of ether oxygens (including phenoxy) is 1. The summed E-state index contributed by atoms with van der Waals surface area (Å²) < 4.78 is 6.51. The van der Waals surface area contributed by atoms with E-state index in [9.17, 15) is 0 Å². The Labute approximate surface area is 296 Å². The summed E-state index contributed by atoms with van der Waals surface area (Å²) in [6, 6.07) is 21.7. The molecule has 0 aliphatic carbocycles. The van der Waals surface area contributed by atoms with Crippen molar-refractivity contribution in [2.75, 3.05) is 39.3 Å². The number of piperazine rings is 1. The molecule has 2 aliphatic rings. The van der Waals surface area contributed by atoms with E-state index in [0.29, 0.717) is 41.3 Å². The fraction of sp³-hybridized carbons (Fsp3) is 0.462. The number of hydrogen-bond donors (Lipinski definition) is 0. The van der Waals surface area contributed by atoms with Crippen LogP contribution < -0.4 is 4.74 Å². The number of urea groups is 1. The molecule has 0 aromatic heterocycles. The average Bonchev–Trinajstić information content (AvgIpc) is 3.29. The molecule has 5 rings (SSSR count). The van der Waals surface area contributed by atoms with Crippen LogP contribution in [0.1, 0.15) is 77.1 Å². The monoisotopic (exact) mass is 687 g/mol. The number of aliphatic imine (C=N–C) groups is 1. The van der Waals surface area contributed by atoms with Crippen LogP contribution in [0.4, 0.5) is 4.79 Å². The molecule has 2 atom stereocenters. The molecular formula is C39H47Cl2N5O2. The zero-order valence-corrected chi connectivity index (χ0v) is 30.7. The smallest absolute Gasteiger partial charge is 0.326 e. The highest BCUT2D eigenvalue weighted by atomic mass is 35.5. The number of amides is 2. The van der Waals surface area contributed by atoms with Gasteiger partial charge in [-0.25, -0.2) is 11.4 Å². The Kier molecular flexibility index (Phi) is 10.5. The van der Waals surface area contributed by atoms with E-state index < -0.39 is 11.1 Å². The second-order valence-corrected chi connectivity index (χ2v) is 15.3. The van der Waals surface area contributed by atoms with E-state index in [-0.39, 0.29) is 17.6 Å². The molecule has 254 valence electrons. The van der Waals surface area contributed by atoms with Crippen molar-refractivity contribution in [3.8, 4) is 5.75 Å². The minimum absolute atomic E-state index is 0.0913. The van der Waals surface area contributed by atoms with Gasteiger partial charge in [-0.2, -0.15) is 0 Å². The van der Waals surface area contributed by atoms with Gasteiger partial charge >= 0.3 is 6.03 Å². The van der Waals surface area contributed by atoms with Gasteiger partial charge in [0.1, 0.15) is 22.7 Å². The maximum Gasteiger partial charge on any atom is 0.326 e. The van der Waals surface area contributed by atoms with Crippen LogP contribution in [0, 0.1) is 6.57 Å². The lowest BCUT2D eigenvalue weighted by Crippen LogP contribution is -2.60. The van der Waals surface area contributed by atoms with Crippen LogP contribution in [0.3, 0.4) is 0 Å². The highest BCUT2D eigenvalue weighted by Crippen LogP contribution is 2.54. The molecule has 0 spiro atoms. The first-order valence-electron chi connectivity index (χ1n) is 16.8. The molecule has 3 aromatic rings. The Morgan fingerprint density at radius 2 is 1.52 bits per heavy atom. The first-order chi connectivity index (χ1) is 22.7. The van der Waals surface area contributed by atoms with Gasteiger partial charge in [0, 0.05) is 49.2 Å². The fourth-order valence-corrected chi connectivity index (χ4v) is 7.02. The summed E-state index contributed by atoms with van der Waals surface area (Å²) in [5, 5.41) is 1.25. The molecule has 48 heavy (non-hydrogen) atoms. The van der Waals surface area contributed by atoms with Gasteiger partial charge in [-0.05, 0) is 86.2 Å². The first kappa shape index (κ1) is 35.7. The largest absolute Gasteiger partial charge is 0.490 e. The van der Waals surface area contributed by atoms with Crippen molar-refractivity contribution in [2.45, 2.75) is 77.5 Å². The number of amidine groups is 1. The van der Waals surface area contributed by atoms with Crippen molar-refractivity contribution in [3.63, 3.8) is 0 Å².